The summed E-state index contributed by atoms with van der Waals surface area (Å²) in [4.78, 5) is 21.1. The Balaban J connectivity index is 1.24. The Bertz CT molecular complexity index is 1280. The number of hydrogen-bond donors (Lipinski definition) is 0. The topological polar surface area (TPSA) is 71.7 Å². The fraction of sp³-hybridized carbons (Fsp3) is 0.227. The lowest BCUT2D eigenvalue weighted by Gasteiger charge is -2.34. The van der Waals surface area contributed by atoms with E-state index in [9.17, 15) is 18.0 Å². The van der Waals surface area contributed by atoms with Gasteiger partial charge in [-0.25, -0.2) is 4.98 Å². The largest absolute Gasteiger partial charge is 0.573 e. The molecule has 11 heteroatoms. The van der Waals surface area contributed by atoms with Crippen LogP contribution in [0.4, 0.5) is 18.3 Å². The van der Waals surface area contributed by atoms with Crippen molar-refractivity contribution in [3.05, 3.63) is 60.3 Å². The Morgan fingerprint density at radius 3 is 2.52 bits per heavy atom. The van der Waals surface area contributed by atoms with Gasteiger partial charge in [-0.05, 0) is 12.1 Å². The minimum absolute atomic E-state index is 0.209. The summed E-state index contributed by atoms with van der Waals surface area (Å²) in [5, 5.41) is 4.61. The maximum atomic E-state index is 12.8. The maximum Gasteiger partial charge on any atom is 0.573 e. The van der Waals surface area contributed by atoms with Gasteiger partial charge < -0.3 is 19.1 Å². The van der Waals surface area contributed by atoms with Crippen molar-refractivity contribution < 1.29 is 27.2 Å². The van der Waals surface area contributed by atoms with Crippen molar-refractivity contribution >= 4 is 32.6 Å². The number of fused-ring (bicyclic) bond motifs is 1. The van der Waals surface area contributed by atoms with Gasteiger partial charge in [0.25, 0.3) is 5.91 Å². The number of carbonyl (C=O) groups is 1. The van der Waals surface area contributed by atoms with Gasteiger partial charge in [0.15, 0.2) is 16.6 Å². The summed E-state index contributed by atoms with van der Waals surface area (Å²) < 4.78 is 47.3. The molecule has 0 atom stereocenters. The number of nitrogens with zero attached hydrogens (tertiary/aromatic N) is 4. The molecule has 0 spiro atoms. The van der Waals surface area contributed by atoms with Gasteiger partial charge in [0.05, 0.1) is 10.2 Å². The van der Waals surface area contributed by atoms with Gasteiger partial charge in [0.2, 0.25) is 0 Å². The Morgan fingerprint density at radius 1 is 1.03 bits per heavy atom. The van der Waals surface area contributed by atoms with Gasteiger partial charge in [-0.2, -0.15) is 0 Å². The van der Waals surface area contributed by atoms with E-state index in [1.165, 1.54) is 29.5 Å². The summed E-state index contributed by atoms with van der Waals surface area (Å²) in [5.41, 5.74) is 1.69. The van der Waals surface area contributed by atoms with E-state index < -0.39 is 6.36 Å². The first kappa shape index (κ1) is 21.3. The number of anilines is 1. The number of piperazine rings is 1. The highest BCUT2D eigenvalue weighted by molar-refractivity contribution is 7.22. The molecule has 5 rings (SSSR count). The molecule has 1 aliphatic rings. The standard InChI is InChI=1S/C22H17F3N4O3S/c23-22(24,25)31-15-6-7-16-19(12-15)33-21(26-16)29-10-8-28(9-11-29)20(30)17-13-18(32-27-17)14-4-2-1-3-5-14/h1-7,12-13H,8-11H2. The lowest BCUT2D eigenvalue weighted by Crippen LogP contribution is -2.48. The molecular weight excluding hydrogens is 457 g/mol. The number of halogens is 3. The lowest BCUT2D eigenvalue weighted by atomic mass is 10.1. The van der Waals surface area contributed by atoms with Crippen molar-refractivity contribution in [1.29, 1.82) is 0 Å². The second kappa shape index (κ2) is 8.39. The Labute approximate surface area is 190 Å². The molecule has 1 aliphatic heterocycles. The van der Waals surface area contributed by atoms with Gasteiger partial charge in [0, 0.05) is 43.9 Å². The van der Waals surface area contributed by atoms with Crippen molar-refractivity contribution in [3.8, 4) is 17.1 Å². The molecule has 2 aromatic carbocycles. The molecule has 1 fully saturated rings. The number of aromatic nitrogens is 2. The van der Waals surface area contributed by atoms with E-state index in [1.54, 1.807) is 11.0 Å². The van der Waals surface area contributed by atoms with E-state index in [2.05, 4.69) is 14.9 Å². The summed E-state index contributed by atoms with van der Waals surface area (Å²) in [5.74, 6) is 0.0443. The average molecular weight is 474 g/mol. The van der Waals surface area contributed by atoms with E-state index in [0.29, 0.717) is 47.3 Å². The van der Waals surface area contributed by atoms with Gasteiger partial charge in [0.1, 0.15) is 5.75 Å². The molecule has 1 amide bonds. The predicted octanol–water partition coefficient (Wildman–Crippen LogP) is 4.81. The lowest BCUT2D eigenvalue weighted by molar-refractivity contribution is -0.274. The number of alkyl halides is 3. The van der Waals surface area contributed by atoms with Crippen LogP contribution in [0.15, 0.2) is 59.1 Å². The fourth-order valence-corrected chi connectivity index (χ4v) is 4.65. The minimum Gasteiger partial charge on any atom is -0.406 e. The first-order chi connectivity index (χ1) is 15.9. The number of carbonyl (C=O) groups excluding carboxylic acids is 1. The molecule has 0 bridgehead atoms. The number of benzene rings is 2. The zero-order chi connectivity index (χ0) is 23.0. The van der Waals surface area contributed by atoms with Crippen LogP contribution in [-0.2, 0) is 0 Å². The van der Waals surface area contributed by atoms with Gasteiger partial charge in [-0.15, -0.1) is 13.2 Å². The van der Waals surface area contributed by atoms with Crippen LogP contribution in [-0.4, -0.2) is 53.5 Å². The molecule has 4 aromatic rings. The van der Waals surface area contributed by atoms with Crippen LogP contribution in [0, 0.1) is 0 Å². The van der Waals surface area contributed by atoms with Crippen molar-refractivity contribution in [2.45, 2.75) is 6.36 Å². The van der Waals surface area contributed by atoms with Crippen molar-refractivity contribution in [2.75, 3.05) is 31.1 Å². The molecular formula is C22H17F3N4O3S. The first-order valence-electron chi connectivity index (χ1n) is 10.1. The zero-order valence-corrected chi connectivity index (χ0v) is 17.9. The van der Waals surface area contributed by atoms with E-state index in [0.717, 1.165) is 5.56 Å². The third-order valence-corrected chi connectivity index (χ3v) is 6.29. The van der Waals surface area contributed by atoms with E-state index in [4.69, 9.17) is 4.52 Å². The van der Waals surface area contributed by atoms with Crippen molar-refractivity contribution in [1.82, 2.24) is 15.0 Å². The first-order valence-corrected chi connectivity index (χ1v) is 10.9. The predicted molar refractivity (Wildman–Crippen MR) is 116 cm³/mol. The average Bonchev–Trinajstić information content (AvgIpc) is 3.46. The highest BCUT2D eigenvalue weighted by atomic mass is 32.1. The third kappa shape index (κ3) is 4.63. The number of thiazole rings is 1. The normalized spacial score (nSPS) is 14.6. The van der Waals surface area contributed by atoms with Crippen LogP contribution in [0.25, 0.3) is 21.5 Å². The van der Waals surface area contributed by atoms with Gasteiger partial charge >= 0.3 is 6.36 Å². The zero-order valence-electron chi connectivity index (χ0n) is 17.1. The molecule has 2 aromatic heterocycles. The van der Waals surface area contributed by atoms with Crippen LogP contribution in [0.1, 0.15) is 10.5 Å². The highest BCUT2D eigenvalue weighted by Crippen LogP contribution is 2.33. The Kier molecular flexibility index (Phi) is 5.41. The SMILES string of the molecule is O=C(c1cc(-c2ccccc2)on1)N1CCN(c2nc3ccc(OC(F)(F)F)cc3s2)CC1. The Hall–Kier alpha value is -3.60. The molecule has 0 aliphatic carbocycles. The number of hydrogen-bond acceptors (Lipinski definition) is 7. The molecule has 33 heavy (non-hydrogen) atoms. The Morgan fingerprint density at radius 2 is 1.79 bits per heavy atom. The fourth-order valence-electron chi connectivity index (χ4n) is 3.60. The second-order valence-corrected chi connectivity index (χ2v) is 8.40. The van der Waals surface area contributed by atoms with Crippen LogP contribution < -0.4 is 9.64 Å². The van der Waals surface area contributed by atoms with Crippen molar-refractivity contribution in [2.24, 2.45) is 0 Å². The molecule has 1 saturated heterocycles. The quantitative estimate of drug-likeness (QED) is 0.423. The molecule has 0 saturated carbocycles. The molecule has 0 unspecified atom stereocenters. The molecule has 7 nitrogen and oxygen atoms in total. The summed E-state index contributed by atoms with van der Waals surface area (Å²) in [7, 11) is 0. The van der Waals surface area contributed by atoms with E-state index in [-0.39, 0.29) is 17.4 Å². The van der Waals surface area contributed by atoms with Crippen LogP contribution >= 0.6 is 11.3 Å². The van der Waals surface area contributed by atoms with E-state index in [1.807, 2.05) is 35.2 Å². The monoisotopic (exact) mass is 474 g/mol. The number of amides is 1. The molecule has 0 N–H and O–H groups in total. The minimum atomic E-state index is -4.74. The summed E-state index contributed by atoms with van der Waals surface area (Å²) in [6, 6.07) is 15.1. The number of rotatable bonds is 4. The van der Waals surface area contributed by atoms with E-state index >= 15 is 0 Å². The highest BCUT2D eigenvalue weighted by Gasteiger charge is 2.31. The smallest absolute Gasteiger partial charge is 0.406 e. The van der Waals surface area contributed by atoms with Crippen molar-refractivity contribution in [3.63, 3.8) is 0 Å². The summed E-state index contributed by atoms with van der Waals surface area (Å²) in [6.45, 7) is 2.01. The molecule has 170 valence electrons. The summed E-state index contributed by atoms with van der Waals surface area (Å²) >= 11 is 1.29. The van der Waals surface area contributed by atoms with Crippen LogP contribution in [0.5, 0.6) is 5.75 Å². The number of ether oxygens (including phenoxy) is 1. The van der Waals surface area contributed by atoms with Gasteiger partial charge in [-0.3, -0.25) is 4.79 Å². The van der Waals surface area contributed by atoms with Crippen LogP contribution in [0.3, 0.4) is 0 Å². The second-order valence-electron chi connectivity index (χ2n) is 7.40. The third-order valence-electron chi connectivity index (χ3n) is 5.21. The summed E-state index contributed by atoms with van der Waals surface area (Å²) in [6.07, 6.45) is -4.74. The molecule has 0 radical (unpaired) electrons. The maximum absolute atomic E-state index is 12.8. The van der Waals surface area contributed by atoms with Crippen LogP contribution in [0.2, 0.25) is 0 Å². The molecule has 3 heterocycles. The van der Waals surface area contributed by atoms with Gasteiger partial charge in [-0.1, -0.05) is 46.8 Å².